The first-order chi connectivity index (χ1) is 9.90. The molecule has 112 valence electrons. The lowest BCUT2D eigenvalue weighted by atomic mass is 10.2. The highest BCUT2D eigenvalue weighted by Gasteiger charge is 2.26. The molecule has 0 aliphatic heterocycles. The molecule has 0 spiro atoms. The van der Waals surface area contributed by atoms with Crippen molar-refractivity contribution in [3.63, 3.8) is 0 Å². The minimum atomic E-state index is -0.636. The maximum absolute atomic E-state index is 11.7. The topological polar surface area (TPSA) is 83.3 Å². The summed E-state index contributed by atoms with van der Waals surface area (Å²) >= 11 is 1.13. The van der Waals surface area contributed by atoms with Crippen molar-refractivity contribution in [3.05, 3.63) is 16.3 Å². The third kappa shape index (κ3) is 2.54. The quantitative estimate of drug-likeness (QED) is 0.633. The Bertz CT molecular complexity index is 717. The van der Waals surface area contributed by atoms with Gasteiger partial charge in [-0.05, 0) is 6.92 Å². The number of carbonyl (C=O) groups excluding carboxylic acids is 2. The number of methoxy groups -OCH3 is 2. The molecule has 0 amide bonds. The molecule has 2 heterocycles. The van der Waals surface area contributed by atoms with Crippen LogP contribution in [0.25, 0.3) is 10.6 Å². The van der Waals surface area contributed by atoms with Crippen LogP contribution < -0.4 is 4.74 Å². The van der Waals surface area contributed by atoms with E-state index in [1.165, 1.54) is 21.1 Å². The van der Waals surface area contributed by atoms with Crippen LogP contribution in [0, 0.1) is 6.92 Å². The molecular weight excluding hydrogens is 294 g/mol. The molecule has 0 aromatic carbocycles. The number of Topliss-reactive ketones (excluding diaryl/α,β-unsaturated/α-hetero) is 1. The lowest BCUT2D eigenvalue weighted by Gasteiger charge is -2.01. The number of nitrogens with zero attached hydrogens (tertiary/aromatic N) is 3. The number of carbonyl (C=O) groups is 2. The molecule has 0 saturated heterocycles. The van der Waals surface area contributed by atoms with Crippen LogP contribution in [0.2, 0.25) is 0 Å². The molecule has 0 aliphatic rings. The highest BCUT2D eigenvalue weighted by Crippen LogP contribution is 2.37. The lowest BCUT2D eigenvalue weighted by molar-refractivity contribution is 0.0591. The van der Waals surface area contributed by atoms with Gasteiger partial charge in [-0.2, -0.15) is 5.10 Å². The molecule has 7 nitrogen and oxygen atoms in total. The molecule has 0 N–H and O–H groups in total. The summed E-state index contributed by atoms with van der Waals surface area (Å²) in [6.45, 7) is 3.20. The van der Waals surface area contributed by atoms with Crippen LogP contribution in [0.3, 0.4) is 0 Å². The summed E-state index contributed by atoms with van der Waals surface area (Å²) < 4.78 is 11.6. The number of aromatic nitrogens is 3. The fourth-order valence-electron chi connectivity index (χ4n) is 2.02. The summed E-state index contributed by atoms with van der Waals surface area (Å²) in [5, 5.41) is 4.77. The van der Waals surface area contributed by atoms with Crippen LogP contribution in [0.15, 0.2) is 0 Å². The molecule has 2 rings (SSSR count). The maximum atomic E-state index is 11.7. The molecule has 0 unspecified atom stereocenters. The molecule has 0 fully saturated rings. The molecule has 2 aromatic rings. The number of hydrogen-bond acceptors (Lipinski definition) is 7. The number of ketones is 1. The monoisotopic (exact) mass is 309 g/mol. The van der Waals surface area contributed by atoms with Crippen molar-refractivity contribution in [2.24, 2.45) is 7.05 Å². The summed E-state index contributed by atoms with van der Waals surface area (Å²) in [6, 6.07) is 0. The molecule has 2 aromatic heterocycles. The molecule has 0 aliphatic carbocycles. The molecule has 0 saturated carbocycles. The van der Waals surface area contributed by atoms with E-state index in [2.05, 4.69) is 14.8 Å². The number of aryl methyl sites for hydroxylation is 2. The van der Waals surface area contributed by atoms with E-state index in [1.54, 1.807) is 11.7 Å². The second-order valence-electron chi connectivity index (χ2n) is 4.34. The second-order valence-corrected chi connectivity index (χ2v) is 5.34. The highest BCUT2D eigenvalue weighted by atomic mass is 32.1. The summed E-state index contributed by atoms with van der Waals surface area (Å²) in [5.74, 6) is -0.351. The molecule has 0 atom stereocenters. The van der Waals surface area contributed by atoms with Gasteiger partial charge in [-0.1, -0.05) is 0 Å². The summed E-state index contributed by atoms with van der Waals surface area (Å²) in [4.78, 5) is 27.9. The smallest absolute Gasteiger partial charge is 0.358 e. The third-order valence-corrected chi connectivity index (χ3v) is 4.08. The largest absolute Gasteiger partial charge is 0.481 e. The van der Waals surface area contributed by atoms with Crippen molar-refractivity contribution in [1.29, 1.82) is 0 Å². The predicted molar refractivity (Wildman–Crippen MR) is 76.9 cm³/mol. The van der Waals surface area contributed by atoms with Crippen LogP contribution in [0.4, 0.5) is 0 Å². The Kier molecular flexibility index (Phi) is 4.08. The number of esters is 1. The van der Waals surface area contributed by atoms with Crippen LogP contribution >= 0.6 is 11.3 Å². The zero-order valence-corrected chi connectivity index (χ0v) is 13.2. The van der Waals surface area contributed by atoms with E-state index in [1.807, 2.05) is 6.92 Å². The van der Waals surface area contributed by atoms with Crippen LogP contribution in [-0.2, 0) is 11.8 Å². The normalized spacial score (nSPS) is 10.5. The van der Waals surface area contributed by atoms with Gasteiger partial charge in [-0.25, -0.2) is 14.5 Å². The van der Waals surface area contributed by atoms with E-state index in [4.69, 9.17) is 4.74 Å². The van der Waals surface area contributed by atoms with Gasteiger partial charge in [-0.15, -0.1) is 11.3 Å². The Balaban J connectivity index is 2.66. The first kappa shape index (κ1) is 15.2. The van der Waals surface area contributed by atoms with Crippen LogP contribution in [0.1, 0.15) is 32.8 Å². The van der Waals surface area contributed by atoms with E-state index in [0.29, 0.717) is 22.1 Å². The fraction of sp³-hybridized carbons (Fsp3) is 0.385. The molecule has 0 radical (unpaired) electrons. The Hall–Kier alpha value is -2.22. The second kappa shape index (κ2) is 5.65. The Morgan fingerprint density at radius 3 is 2.48 bits per heavy atom. The Labute approximate surface area is 125 Å². The van der Waals surface area contributed by atoms with Gasteiger partial charge in [0.15, 0.2) is 11.5 Å². The summed E-state index contributed by atoms with van der Waals surface area (Å²) in [6.07, 6.45) is 0. The summed E-state index contributed by atoms with van der Waals surface area (Å²) in [5.41, 5.74) is 1.40. The Morgan fingerprint density at radius 1 is 1.29 bits per heavy atom. The standard InChI is InChI=1S/C13H15N3O4S/c1-6-8(12(19-4)16(3)15-6)11-14-9(13(18)20-5)10(21-11)7(2)17/h1-5H3. The van der Waals surface area contributed by atoms with E-state index >= 15 is 0 Å². The number of rotatable bonds is 4. The lowest BCUT2D eigenvalue weighted by Crippen LogP contribution is -2.06. The van der Waals surface area contributed by atoms with Crippen molar-refractivity contribution < 1.29 is 19.1 Å². The predicted octanol–water partition coefficient (Wildman–Crippen LogP) is 1.85. The van der Waals surface area contributed by atoms with Gasteiger partial charge >= 0.3 is 5.97 Å². The van der Waals surface area contributed by atoms with E-state index < -0.39 is 5.97 Å². The van der Waals surface area contributed by atoms with Crippen molar-refractivity contribution in [2.75, 3.05) is 14.2 Å². The van der Waals surface area contributed by atoms with Crippen LogP contribution in [0.5, 0.6) is 5.88 Å². The van der Waals surface area contributed by atoms with E-state index in [9.17, 15) is 9.59 Å². The fourth-order valence-corrected chi connectivity index (χ4v) is 3.05. The van der Waals surface area contributed by atoms with Crippen molar-refractivity contribution in [2.45, 2.75) is 13.8 Å². The van der Waals surface area contributed by atoms with Gasteiger partial charge in [0.2, 0.25) is 5.88 Å². The molecular formula is C13H15N3O4S. The van der Waals surface area contributed by atoms with Crippen molar-refractivity contribution in [1.82, 2.24) is 14.8 Å². The molecule has 0 bridgehead atoms. The maximum Gasteiger partial charge on any atom is 0.358 e. The molecule has 8 heteroatoms. The van der Waals surface area contributed by atoms with E-state index in [0.717, 1.165) is 11.3 Å². The van der Waals surface area contributed by atoms with E-state index in [-0.39, 0.29) is 16.4 Å². The first-order valence-electron chi connectivity index (χ1n) is 6.08. The average molecular weight is 309 g/mol. The van der Waals surface area contributed by atoms with Gasteiger partial charge in [-0.3, -0.25) is 4.79 Å². The highest BCUT2D eigenvalue weighted by molar-refractivity contribution is 7.17. The van der Waals surface area contributed by atoms with Gasteiger partial charge < -0.3 is 9.47 Å². The number of thiazole rings is 1. The van der Waals surface area contributed by atoms with Crippen molar-refractivity contribution >= 4 is 23.1 Å². The molecule has 21 heavy (non-hydrogen) atoms. The minimum absolute atomic E-state index is 0.0234. The zero-order valence-electron chi connectivity index (χ0n) is 12.4. The zero-order chi connectivity index (χ0) is 15.7. The van der Waals surface area contributed by atoms with Crippen molar-refractivity contribution in [3.8, 4) is 16.5 Å². The number of hydrogen-bond donors (Lipinski definition) is 0. The van der Waals surface area contributed by atoms with Gasteiger partial charge in [0, 0.05) is 14.0 Å². The summed E-state index contributed by atoms with van der Waals surface area (Å²) in [7, 11) is 4.53. The average Bonchev–Trinajstić information content (AvgIpc) is 2.98. The van der Waals surface area contributed by atoms with Gasteiger partial charge in [0.1, 0.15) is 9.88 Å². The van der Waals surface area contributed by atoms with Gasteiger partial charge in [0.25, 0.3) is 0 Å². The van der Waals surface area contributed by atoms with Gasteiger partial charge in [0.05, 0.1) is 25.5 Å². The SMILES string of the molecule is COC(=O)c1nc(-c2c(C)nn(C)c2OC)sc1C(C)=O. The minimum Gasteiger partial charge on any atom is -0.481 e. The Morgan fingerprint density at radius 2 is 1.95 bits per heavy atom. The third-order valence-electron chi connectivity index (χ3n) is 2.90. The van der Waals surface area contributed by atoms with Crippen LogP contribution in [-0.4, -0.2) is 40.7 Å². The number of ether oxygens (including phenoxy) is 2. The first-order valence-corrected chi connectivity index (χ1v) is 6.90.